The van der Waals surface area contributed by atoms with Gasteiger partial charge in [0.05, 0.1) is 21.6 Å². The van der Waals surface area contributed by atoms with Crippen LogP contribution in [0.3, 0.4) is 0 Å². The first-order valence-electron chi connectivity index (χ1n) is 9.44. The number of anilines is 1. The lowest BCUT2D eigenvalue weighted by Crippen LogP contribution is -2.49. The van der Waals surface area contributed by atoms with Gasteiger partial charge in [-0.2, -0.15) is 0 Å². The number of hydrogen-bond acceptors (Lipinski definition) is 6. The second-order valence-electron chi connectivity index (χ2n) is 6.89. The topological polar surface area (TPSA) is 66.4 Å². The van der Waals surface area contributed by atoms with Gasteiger partial charge >= 0.3 is 0 Å². The van der Waals surface area contributed by atoms with E-state index < -0.39 is 0 Å². The van der Waals surface area contributed by atoms with Crippen LogP contribution in [0, 0.1) is 6.92 Å². The fourth-order valence-electron chi connectivity index (χ4n) is 3.49. The van der Waals surface area contributed by atoms with E-state index in [9.17, 15) is 9.59 Å². The minimum atomic E-state index is 0.0454. The molecule has 1 fully saturated rings. The number of fused-ring (bicyclic) bond motifs is 1. The highest BCUT2D eigenvalue weighted by atomic mass is 32.1. The molecule has 1 aliphatic heterocycles. The van der Waals surface area contributed by atoms with Crippen LogP contribution in [0.15, 0.2) is 41.8 Å². The SMILES string of the molecule is Cc1nc2ccccc2nc1N1CCN(C(=O)CCC(=O)c2cccs2)CC1. The fourth-order valence-corrected chi connectivity index (χ4v) is 4.18. The van der Waals surface area contributed by atoms with Crippen LogP contribution in [0.1, 0.15) is 28.2 Å². The normalized spacial score (nSPS) is 14.5. The van der Waals surface area contributed by atoms with Crippen LogP contribution in [0.25, 0.3) is 11.0 Å². The second-order valence-corrected chi connectivity index (χ2v) is 7.84. The van der Waals surface area contributed by atoms with E-state index in [0.29, 0.717) is 13.1 Å². The number of carbonyl (C=O) groups is 2. The highest BCUT2D eigenvalue weighted by Crippen LogP contribution is 2.21. The van der Waals surface area contributed by atoms with E-state index in [-0.39, 0.29) is 24.5 Å². The van der Waals surface area contributed by atoms with Crippen molar-refractivity contribution in [3.05, 3.63) is 52.3 Å². The number of aryl methyl sites for hydroxylation is 1. The molecular weight excluding hydrogens is 372 g/mol. The number of amides is 1. The molecule has 4 rings (SSSR count). The first-order valence-corrected chi connectivity index (χ1v) is 10.3. The zero-order valence-corrected chi connectivity index (χ0v) is 16.6. The number of Topliss-reactive ketones (excluding diaryl/α,β-unsaturated/α-hetero) is 1. The monoisotopic (exact) mass is 394 g/mol. The highest BCUT2D eigenvalue weighted by molar-refractivity contribution is 7.12. The van der Waals surface area contributed by atoms with Gasteiger partial charge in [0.1, 0.15) is 0 Å². The van der Waals surface area contributed by atoms with Gasteiger partial charge in [0.25, 0.3) is 0 Å². The van der Waals surface area contributed by atoms with E-state index >= 15 is 0 Å². The summed E-state index contributed by atoms with van der Waals surface area (Å²) >= 11 is 1.42. The Bertz CT molecular complexity index is 995. The summed E-state index contributed by atoms with van der Waals surface area (Å²) < 4.78 is 0. The molecule has 2 aromatic heterocycles. The number of ketones is 1. The van der Waals surface area contributed by atoms with Gasteiger partial charge in [-0.1, -0.05) is 18.2 Å². The molecule has 0 atom stereocenters. The Labute approximate surface area is 167 Å². The molecule has 3 aromatic rings. The van der Waals surface area contributed by atoms with E-state index in [4.69, 9.17) is 4.98 Å². The maximum atomic E-state index is 12.5. The third-order valence-electron chi connectivity index (χ3n) is 5.01. The van der Waals surface area contributed by atoms with Crippen LogP contribution < -0.4 is 4.90 Å². The predicted octanol–water partition coefficient (Wildman–Crippen LogP) is 3.31. The van der Waals surface area contributed by atoms with E-state index in [1.165, 1.54) is 11.3 Å². The first-order chi connectivity index (χ1) is 13.6. The van der Waals surface area contributed by atoms with Gasteiger partial charge in [-0.15, -0.1) is 11.3 Å². The summed E-state index contributed by atoms with van der Waals surface area (Å²) in [6, 6.07) is 11.5. The molecule has 6 nitrogen and oxygen atoms in total. The molecule has 1 amide bonds. The number of para-hydroxylation sites is 2. The summed E-state index contributed by atoms with van der Waals surface area (Å²) in [5, 5.41) is 1.88. The lowest BCUT2D eigenvalue weighted by Gasteiger charge is -2.36. The number of piperazine rings is 1. The van der Waals surface area contributed by atoms with Crippen LogP contribution in [-0.2, 0) is 4.79 Å². The van der Waals surface area contributed by atoms with Gasteiger partial charge in [0.2, 0.25) is 5.91 Å². The Kier molecular flexibility index (Phi) is 5.34. The summed E-state index contributed by atoms with van der Waals surface area (Å²) in [7, 11) is 0. The molecule has 1 aliphatic rings. The van der Waals surface area contributed by atoms with Gasteiger partial charge in [-0.3, -0.25) is 9.59 Å². The largest absolute Gasteiger partial charge is 0.352 e. The number of hydrogen-bond donors (Lipinski definition) is 0. The molecule has 144 valence electrons. The average molecular weight is 395 g/mol. The van der Waals surface area contributed by atoms with Crippen LogP contribution in [-0.4, -0.2) is 52.7 Å². The molecule has 0 spiro atoms. The van der Waals surface area contributed by atoms with Gasteiger partial charge in [-0.05, 0) is 30.5 Å². The van der Waals surface area contributed by atoms with Crippen molar-refractivity contribution in [3.8, 4) is 0 Å². The Hall–Kier alpha value is -2.80. The second kappa shape index (κ2) is 8.06. The molecule has 0 N–H and O–H groups in total. The molecule has 0 radical (unpaired) electrons. The maximum absolute atomic E-state index is 12.5. The van der Waals surface area contributed by atoms with E-state index in [1.807, 2.05) is 53.6 Å². The molecule has 0 saturated carbocycles. The van der Waals surface area contributed by atoms with Crippen molar-refractivity contribution in [2.75, 3.05) is 31.1 Å². The number of aromatic nitrogens is 2. The summed E-state index contributed by atoms with van der Waals surface area (Å²) in [5.74, 6) is 0.980. The van der Waals surface area contributed by atoms with Crippen molar-refractivity contribution in [2.45, 2.75) is 19.8 Å². The molecule has 1 aromatic carbocycles. The van der Waals surface area contributed by atoms with Crippen molar-refractivity contribution < 1.29 is 9.59 Å². The summed E-state index contributed by atoms with van der Waals surface area (Å²) in [6.07, 6.45) is 0.542. The standard InChI is InChI=1S/C21H22N4O2S/c1-15-21(23-17-6-3-2-5-16(17)22-15)25-12-10-24(11-13-25)20(27)9-8-18(26)19-7-4-14-28-19/h2-7,14H,8-13H2,1H3. The number of nitrogens with zero attached hydrogens (tertiary/aromatic N) is 4. The van der Waals surface area contributed by atoms with Crippen LogP contribution >= 0.6 is 11.3 Å². The Morgan fingerprint density at radius 1 is 0.964 bits per heavy atom. The third kappa shape index (κ3) is 3.89. The number of rotatable bonds is 5. The van der Waals surface area contributed by atoms with Gasteiger partial charge in [-0.25, -0.2) is 9.97 Å². The Balaban J connectivity index is 1.35. The van der Waals surface area contributed by atoms with E-state index in [1.54, 1.807) is 0 Å². The smallest absolute Gasteiger partial charge is 0.223 e. The molecule has 7 heteroatoms. The van der Waals surface area contributed by atoms with Crippen molar-refractivity contribution in [3.63, 3.8) is 0 Å². The number of benzene rings is 1. The van der Waals surface area contributed by atoms with Gasteiger partial charge < -0.3 is 9.80 Å². The summed E-state index contributed by atoms with van der Waals surface area (Å²) in [5.41, 5.74) is 2.68. The lowest BCUT2D eigenvalue weighted by molar-refractivity contribution is -0.131. The number of carbonyl (C=O) groups excluding carboxylic acids is 2. The van der Waals surface area contributed by atoms with Crippen molar-refractivity contribution in [2.24, 2.45) is 0 Å². The quantitative estimate of drug-likeness (QED) is 0.621. The number of thiophene rings is 1. The van der Waals surface area contributed by atoms with Gasteiger partial charge in [0, 0.05) is 39.0 Å². The van der Waals surface area contributed by atoms with Crippen molar-refractivity contribution in [1.82, 2.24) is 14.9 Å². The molecule has 28 heavy (non-hydrogen) atoms. The lowest BCUT2D eigenvalue weighted by atomic mass is 10.1. The van der Waals surface area contributed by atoms with Crippen LogP contribution in [0.5, 0.6) is 0 Å². The zero-order chi connectivity index (χ0) is 19.5. The Morgan fingerprint density at radius 3 is 2.36 bits per heavy atom. The molecule has 0 bridgehead atoms. The van der Waals surface area contributed by atoms with Crippen LogP contribution in [0.2, 0.25) is 0 Å². The first kappa shape index (κ1) is 18.6. The van der Waals surface area contributed by atoms with E-state index in [2.05, 4.69) is 9.88 Å². The van der Waals surface area contributed by atoms with Crippen molar-refractivity contribution in [1.29, 1.82) is 0 Å². The molecule has 3 heterocycles. The molecular formula is C21H22N4O2S. The van der Waals surface area contributed by atoms with Gasteiger partial charge in [0.15, 0.2) is 11.6 Å². The average Bonchev–Trinajstić information content (AvgIpc) is 3.26. The zero-order valence-electron chi connectivity index (χ0n) is 15.8. The molecule has 1 saturated heterocycles. The summed E-state index contributed by atoms with van der Waals surface area (Å²) in [6.45, 7) is 4.69. The third-order valence-corrected chi connectivity index (χ3v) is 5.92. The van der Waals surface area contributed by atoms with Crippen molar-refractivity contribution >= 4 is 39.9 Å². The minimum Gasteiger partial charge on any atom is -0.352 e. The van der Waals surface area contributed by atoms with Crippen LogP contribution in [0.4, 0.5) is 5.82 Å². The molecule has 0 unspecified atom stereocenters. The fraction of sp³-hybridized carbons (Fsp3) is 0.333. The predicted molar refractivity (Wildman–Crippen MR) is 111 cm³/mol. The Morgan fingerprint density at radius 2 is 1.68 bits per heavy atom. The highest BCUT2D eigenvalue weighted by Gasteiger charge is 2.24. The summed E-state index contributed by atoms with van der Waals surface area (Å²) in [4.78, 5) is 38.8. The molecule has 0 aliphatic carbocycles. The minimum absolute atomic E-state index is 0.0454. The van der Waals surface area contributed by atoms with E-state index in [0.717, 1.165) is 40.5 Å². The maximum Gasteiger partial charge on any atom is 0.223 e.